The molecular formula is C20H22ClN3O2. The lowest BCUT2D eigenvalue weighted by Gasteiger charge is -2.32. The number of amides is 2. The van der Waals surface area contributed by atoms with Gasteiger partial charge in [-0.05, 0) is 43.1 Å². The standard InChI is InChI=1S/C20H22ClN3O2/c21-17-9-3-1-6-14(17)12-24-11-5-7-15(13-24)20(26)23-18-10-4-2-8-16(18)19(22)25/h1-4,6,8-10,15H,5,7,11-13H2,(H2,22,25)(H,23,26)/t15-/m0/s1. The highest BCUT2D eigenvalue weighted by Crippen LogP contribution is 2.24. The molecule has 2 aromatic rings. The SMILES string of the molecule is NC(=O)c1ccccc1NC(=O)[C@H]1CCCN(Cc2ccccc2Cl)C1. The van der Waals surface area contributed by atoms with Gasteiger partial charge in [-0.3, -0.25) is 14.5 Å². The molecular weight excluding hydrogens is 350 g/mol. The molecule has 1 saturated heterocycles. The molecule has 0 radical (unpaired) electrons. The van der Waals surface area contributed by atoms with Crippen LogP contribution in [0.15, 0.2) is 48.5 Å². The van der Waals surface area contributed by atoms with Crippen molar-refractivity contribution >= 4 is 29.1 Å². The lowest BCUT2D eigenvalue weighted by atomic mass is 9.96. The van der Waals surface area contributed by atoms with E-state index in [0.29, 0.717) is 17.8 Å². The average molecular weight is 372 g/mol. The van der Waals surface area contributed by atoms with Crippen LogP contribution in [-0.4, -0.2) is 29.8 Å². The van der Waals surface area contributed by atoms with E-state index in [1.54, 1.807) is 24.3 Å². The quantitative estimate of drug-likeness (QED) is 0.846. The molecule has 5 nitrogen and oxygen atoms in total. The normalized spacial score (nSPS) is 17.7. The van der Waals surface area contributed by atoms with Crippen molar-refractivity contribution in [2.75, 3.05) is 18.4 Å². The number of benzene rings is 2. The number of hydrogen-bond acceptors (Lipinski definition) is 3. The number of piperidine rings is 1. The van der Waals surface area contributed by atoms with E-state index in [2.05, 4.69) is 10.2 Å². The van der Waals surface area contributed by atoms with E-state index in [9.17, 15) is 9.59 Å². The van der Waals surface area contributed by atoms with Crippen LogP contribution in [-0.2, 0) is 11.3 Å². The molecule has 3 N–H and O–H groups in total. The van der Waals surface area contributed by atoms with Gasteiger partial charge in [0, 0.05) is 18.1 Å². The average Bonchev–Trinajstić information content (AvgIpc) is 2.64. The highest BCUT2D eigenvalue weighted by molar-refractivity contribution is 6.31. The topological polar surface area (TPSA) is 75.4 Å². The summed E-state index contributed by atoms with van der Waals surface area (Å²) in [4.78, 5) is 26.5. The first-order valence-corrected chi connectivity index (χ1v) is 9.08. The third-order valence-corrected chi connectivity index (χ3v) is 5.05. The lowest BCUT2D eigenvalue weighted by molar-refractivity contribution is -0.121. The number of carbonyl (C=O) groups excluding carboxylic acids is 2. The molecule has 26 heavy (non-hydrogen) atoms. The zero-order valence-electron chi connectivity index (χ0n) is 14.5. The van der Waals surface area contributed by atoms with E-state index in [0.717, 1.165) is 36.5 Å². The minimum atomic E-state index is -0.551. The Balaban J connectivity index is 1.65. The Morgan fingerprint density at radius 3 is 2.65 bits per heavy atom. The second-order valence-electron chi connectivity index (χ2n) is 6.56. The lowest BCUT2D eigenvalue weighted by Crippen LogP contribution is -2.40. The summed E-state index contributed by atoms with van der Waals surface area (Å²) in [7, 11) is 0. The van der Waals surface area contributed by atoms with Gasteiger partial charge in [-0.15, -0.1) is 0 Å². The van der Waals surface area contributed by atoms with Gasteiger partial charge in [0.1, 0.15) is 0 Å². The van der Waals surface area contributed by atoms with Crippen LogP contribution in [0, 0.1) is 5.92 Å². The number of carbonyl (C=O) groups is 2. The molecule has 136 valence electrons. The monoisotopic (exact) mass is 371 g/mol. The predicted octanol–water partition coefficient (Wildman–Crippen LogP) is 3.29. The molecule has 3 rings (SSSR count). The highest BCUT2D eigenvalue weighted by Gasteiger charge is 2.26. The summed E-state index contributed by atoms with van der Waals surface area (Å²) in [6.07, 6.45) is 1.77. The summed E-state index contributed by atoms with van der Waals surface area (Å²) in [6, 6.07) is 14.6. The summed E-state index contributed by atoms with van der Waals surface area (Å²) in [5.74, 6) is -0.764. The van der Waals surface area contributed by atoms with Crippen molar-refractivity contribution in [2.45, 2.75) is 19.4 Å². The number of likely N-dealkylation sites (tertiary alicyclic amines) is 1. The first kappa shape index (κ1) is 18.4. The van der Waals surface area contributed by atoms with E-state index in [1.165, 1.54) is 0 Å². The largest absolute Gasteiger partial charge is 0.366 e. The van der Waals surface area contributed by atoms with Crippen molar-refractivity contribution in [3.63, 3.8) is 0 Å². The Hall–Kier alpha value is -2.37. The minimum Gasteiger partial charge on any atom is -0.366 e. The van der Waals surface area contributed by atoms with E-state index < -0.39 is 5.91 Å². The van der Waals surface area contributed by atoms with Gasteiger partial charge < -0.3 is 11.1 Å². The van der Waals surface area contributed by atoms with Gasteiger partial charge in [0.2, 0.25) is 5.91 Å². The van der Waals surface area contributed by atoms with Gasteiger partial charge >= 0.3 is 0 Å². The molecule has 0 aliphatic carbocycles. The number of hydrogen-bond donors (Lipinski definition) is 2. The van der Waals surface area contributed by atoms with Crippen LogP contribution in [0.1, 0.15) is 28.8 Å². The summed E-state index contributed by atoms with van der Waals surface area (Å²) in [6.45, 7) is 2.32. The summed E-state index contributed by atoms with van der Waals surface area (Å²) >= 11 is 6.25. The van der Waals surface area contributed by atoms with Crippen LogP contribution in [0.5, 0.6) is 0 Å². The minimum absolute atomic E-state index is 0.0810. The fraction of sp³-hybridized carbons (Fsp3) is 0.300. The number of nitrogens with two attached hydrogens (primary N) is 1. The zero-order chi connectivity index (χ0) is 18.5. The molecule has 1 aliphatic rings. The van der Waals surface area contributed by atoms with Crippen LogP contribution in [0.3, 0.4) is 0 Å². The Kier molecular flexibility index (Phi) is 5.91. The number of halogens is 1. The Morgan fingerprint density at radius 2 is 1.88 bits per heavy atom. The number of para-hydroxylation sites is 1. The molecule has 0 unspecified atom stereocenters. The number of nitrogens with one attached hydrogen (secondary N) is 1. The molecule has 0 saturated carbocycles. The molecule has 0 spiro atoms. The number of rotatable bonds is 5. The zero-order valence-corrected chi connectivity index (χ0v) is 15.2. The fourth-order valence-electron chi connectivity index (χ4n) is 3.32. The smallest absolute Gasteiger partial charge is 0.250 e. The molecule has 1 atom stereocenters. The maximum atomic E-state index is 12.7. The van der Waals surface area contributed by atoms with Crippen molar-refractivity contribution in [3.05, 3.63) is 64.7 Å². The van der Waals surface area contributed by atoms with Gasteiger partial charge in [0.15, 0.2) is 0 Å². The van der Waals surface area contributed by atoms with Gasteiger partial charge in [0.05, 0.1) is 17.2 Å². The molecule has 0 aromatic heterocycles. The Bertz CT molecular complexity index is 809. The maximum absolute atomic E-state index is 12.7. The second-order valence-corrected chi connectivity index (χ2v) is 6.97. The van der Waals surface area contributed by atoms with Gasteiger partial charge in [0.25, 0.3) is 5.91 Å². The highest BCUT2D eigenvalue weighted by atomic mass is 35.5. The molecule has 6 heteroatoms. The summed E-state index contributed by atoms with van der Waals surface area (Å²) in [5, 5.41) is 3.61. The van der Waals surface area contributed by atoms with Crippen molar-refractivity contribution in [2.24, 2.45) is 11.7 Å². The molecule has 1 fully saturated rings. The van der Waals surface area contributed by atoms with Crippen LogP contribution in [0.2, 0.25) is 5.02 Å². The molecule has 2 amide bonds. The van der Waals surface area contributed by atoms with Crippen LogP contribution in [0.25, 0.3) is 0 Å². The van der Waals surface area contributed by atoms with Crippen molar-refractivity contribution in [1.82, 2.24) is 4.90 Å². The van der Waals surface area contributed by atoms with Gasteiger partial charge in [-0.1, -0.05) is 41.9 Å². The Labute approximate surface area is 158 Å². The summed E-state index contributed by atoms with van der Waals surface area (Å²) < 4.78 is 0. The van der Waals surface area contributed by atoms with Crippen LogP contribution >= 0.6 is 11.6 Å². The third kappa shape index (κ3) is 4.42. The molecule has 2 aromatic carbocycles. The molecule has 0 bridgehead atoms. The summed E-state index contributed by atoms with van der Waals surface area (Å²) in [5.41, 5.74) is 7.23. The second kappa shape index (κ2) is 8.34. The van der Waals surface area contributed by atoms with E-state index in [-0.39, 0.29) is 11.8 Å². The van der Waals surface area contributed by atoms with Crippen molar-refractivity contribution in [1.29, 1.82) is 0 Å². The third-order valence-electron chi connectivity index (χ3n) is 4.68. The predicted molar refractivity (Wildman–Crippen MR) is 103 cm³/mol. The fourth-order valence-corrected chi connectivity index (χ4v) is 3.52. The maximum Gasteiger partial charge on any atom is 0.250 e. The first-order chi connectivity index (χ1) is 12.5. The van der Waals surface area contributed by atoms with Gasteiger partial charge in [-0.2, -0.15) is 0 Å². The van der Waals surface area contributed by atoms with E-state index in [1.807, 2.05) is 24.3 Å². The van der Waals surface area contributed by atoms with Crippen molar-refractivity contribution < 1.29 is 9.59 Å². The van der Waals surface area contributed by atoms with Crippen molar-refractivity contribution in [3.8, 4) is 0 Å². The first-order valence-electron chi connectivity index (χ1n) is 8.70. The van der Waals surface area contributed by atoms with E-state index in [4.69, 9.17) is 17.3 Å². The molecule has 1 heterocycles. The molecule has 1 aliphatic heterocycles. The van der Waals surface area contributed by atoms with Gasteiger partial charge in [-0.25, -0.2) is 0 Å². The number of primary amides is 1. The Morgan fingerprint density at radius 1 is 1.15 bits per heavy atom. The number of nitrogens with zero attached hydrogens (tertiary/aromatic N) is 1. The number of anilines is 1. The van der Waals surface area contributed by atoms with Crippen LogP contribution < -0.4 is 11.1 Å². The van der Waals surface area contributed by atoms with Crippen LogP contribution in [0.4, 0.5) is 5.69 Å². The van der Waals surface area contributed by atoms with E-state index >= 15 is 0 Å².